The van der Waals surface area contributed by atoms with Crippen LogP contribution in [-0.4, -0.2) is 35.1 Å². The molecule has 0 unspecified atom stereocenters. The first-order valence-corrected chi connectivity index (χ1v) is 8.27. The number of rotatable bonds is 2. The molecule has 22 heavy (non-hydrogen) atoms. The van der Waals surface area contributed by atoms with Gasteiger partial charge in [-0.05, 0) is 59.3 Å². The lowest BCUT2D eigenvalue weighted by atomic mass is 9.81. The predicted octanol–water partition coefficient (Wildman–Crippen LogP) is 3.48. The van der Waals surface area contributed by atoms with Gasteiger partial charge >= 0.3 is 12.0 Å². The zero-order chi connectivity index (χ0) is 15.9. The van der Waals surface area contributed by atoms with Crippen molar-refractivity contribution in [3.05, 3.63) is 28.2 Å². The summed E-state index contributed by atoms with van der Waals surface area (Å²) in [6, 6.07) is 5.49. The fraction of sp³-hybridized carbons (Fsp3) is 0.500. The molecule has 0 spiro atoms. The van der Waals surface area contributed by atoms with E-state index in [0.29, 0.717) is 25.2 Å². The molecule has 0 bridgehead atoms. The van der Waals surface area contributed by atoms with E-state index < -0.39 is 11.4 Å². The van der Waals surface area contributed by atoms with Crippen LogP contribution in [0.15, 0.2) is 22.7 Å². The van der Waals surface area contributed by atoms with Crippen LogP contribution in [0.25, 0.3) is 0 Å². The van der Waals surface area contributed by atoms with Gasteiger partial charge in [0.15, 0.2) is 0 Å². The number of carboxylic acid groups (broad SMARTS) is 1. The van der Waals surface area contributed by atoms with Crippen molar-refractivity contribution in [1.82, 2.24) is 4.90 Å². The summed E-state index contributed by atoms with van der Waals surface area (Å²) in [6.07, 6.45) is 2.51. The molecule has 2 amide bonds. The number of fused-ring (bicyclic) bond motifs is 1. The van der Waals surface area contributed by atoms with Crippen LogP contribution >= 0.6 is 15.9 Å². The van der Waals surface area contributed by atoms with Gasteiger partial charge in [-0.1, -0.05) is 12.5 Å². The topological polar surface area (TPSA) is 69.6 Å². The van der Waals surface area contributed by atoms with Crippen molar-refractivity contribution in [2.75, 3.05) is 18.4 Å². The van der Waals surface area contributed by atoms with E-state index in [2.05, 4.69) is 21.2 Å². The normalized spacial score (nSPS) is 26.8. The third-order valence-electron chi connectivity index (χ3n) is 4.95. The van der Waals surface area contributed by atoms with E-state index in [0.717, 1.165) is 22.9 Å². The maximum Gasteiger partial charge on any atom is 0.321 e. The van der Waals surface area contributed by atoms with Crippen molar-refractivity contribution in [1.29, 1.82) is 0 Å². The van der Waals surface area contributed by atoms with E-state index in [9.17, 15) is 14.7 Å². The summed E-state index contributed by atoms with van der Waals surface area (Å²) in [7, 11) is 0. The summed E-state index contributed by atoms with van der Waals surface area (Å²) in [5.74, 6) is -0.681. The minimum absolute atomic E-state index is 0.0807. The van der Waals surface area contributed by atoms with Crippen LogP contribution in [0.4, 0.5) is 10.5 Å². The van der Waals surface area contributed by atoms with Gasteiger partial charge in [-0.2, -0.15) is 0 Å². The SMILES string of the molecule is Cc1ccc(NC(=O)N2C[C@@H]3CCC[C@@]3(C(=O)O)C2)c(Br)c1. The molecule has 0 aromatic heterocycles. The Labute approximate surface area is 137 Å². The molecular formula is C16H19BrN2O3. The summed E-state index contributed by atoms with van der Waals surface area (Å²) in [4.78, 5) is 25.7. The number of carbonyl (C=O) groups excluding carboxylic acids is 1. The number of halogens is 1. The van der Waals surface area contributed by atoms with Crippen molar-refractivity contribution in [2.45, 2.75) is 26.2 Å². The molecule has 1 saturated carbocycles. The highest BCUT2D eigenvalue weighted by Crippen LogP contribution is 2.49. The van der Waals surface area contributed by atoms with Crippen LogP contribution in [0.1, 0.15) is 24.8 Å². The lowest BCUT2D eigenvalue weighted by Gasteiger charge is -2.23. The molecule has 6 heteroatoms. The molecule has 5 nitrogen and oxygen atoms in total. The molecule has 2 fully saturated rings. The Bertz CT molecular complexity index is 634. The van der Waals surface area contributed by atoms with Crippen LogP contribution in [0, 0.1) is 18.3 Å². The number of amides is 2. The number of hydrogen-bond acceptors (Lipinski definition) is 2. The number of carbonyl (C=O) groups is 2. The fourth-order valence-electron chi connectivity index (χ4n) is 3.71. The monoisotopic (exact) mass is 366 g/mol. The van der Waals surface area contributed by atoms with Crippen molar-refractivity contribution in [3.63, 3.8) is 0 Å². The Morgan fingerprint density at radius 3 is 2.86 bits per heavy atom. The zero-order valence-corrected chi connectivity index (χ0v) is 14.0. The predicted molar refractivity (Wildman–Crippen MR) is 86.9 cm³/mol. The zero-order valence-electron chi connectivity index (χ0n) is 12.4. The average molecular weight is 367 g/mol. The molecule has 3 rings (SSSR count). The van der Waals surface area contributed by atoms with Crippen LogP contribution in [0.5, 0.6) is 0 Å². The van der Waals surface area contributed by atoms with E-state index in [4.69, 9.17) is 0 Å². The third kappa shape index (κ3) is 2.49. The van der Waals surface area contributed by atoms with Gasteiger partial charge in [0.25, 0.3) is 0 Å². The second-order valence-corrected chi connectivity index (χ2v) is 7.20. The van der Waals surface area contributed by atoms with E-state index >= 15 is 0 Å². The van der Waals surface area contributed by atoms with E-state index in [-0.39, 0.29) is 11.9 Å². The van der Waals surface area contributed by atoms with Crippen LogP contribution in [0.3, 0.4) is 0 Å². The summed E-state index contributed by atoms with van der Waals surface area (Å²) < 4.78 is 0.827. The third-order valence-corrected chi connectivity index (χ3v) is 5.61. The van der Waals surface area contributed by atoms with Gasteiger partial charge in [0.05, 0.1) is 11.1 Å². The summed E-state index contributed by atoms with van der Waals surface area (Å²) in [5, 5.41) is 12.4. The van der Waals surface area contributed by atoms with Crippen LogP contribution < -0.4 is 5.32 Å². The van der Waals surface area contributed by atoms with Gasteiger partial charge in [-0.3, -0.25) is 4.79 Å². The number of aryl methyl sites for hydroxylation is 1. The number of urea groups is 1. The Balaban J connectivity index is 1.73. The second-order valence-electron chi connectivity index (χ2n) is 6.34. The summed E-state index contributed by atoms with van der Waals surface area (Å²) >= 11 is 3.44. The molecular weight excluding hydrogens is 348 g/mol. The number of carboxylic acids is 1. The molecule has 1 heterocycles. The molecule has 1 aliphatic heterocycles. The van der Waals surface area contributed by atoms with Gasteiger partial charge in [-0.25, -0.2) is 4.79 Å². The van der Waals surface area contributed by atoms with Crippen LogP contribution in [-0.2, 0) is 4.79 Å². The van der Waals surface area contributed by atoms with Gasteiger partial charge in [-0.15, -0.1) is 0 Å². The van der Waals surface area contributed by atoms with Crippen LogP contribution in [0.2, 0.25) is 0 Å². The Kier molecular flexibility index (Phi) is 3.89. The highest BCUT2D eigenvalue weighted by Gasteiger charge is 2.55. The maximum atomic E-state index is 12.4. The van der Waals surface area contributed by atoms with Gasteiger partial charge in [0.1, 0.15) is 0 Å². The number of aliphatic carboxylic acids is 1. The van der Waals surface area contributed by atoms with Gasteiger partial charge in [0.2, 0.25) is 0 Å². The first-order chi connectivity index (χ1) is 10.4. The largest absolute Gasteiger partial charge is 0.481 e. The molecule has 2 aliphatic rings. The first kappa shape index (κ1) is 15.3. The van der Waals surface area contributed by atoms with E-state index in [1.807, 2.05) is 25.1 Å². The number of hydrogen-bond donors (Lipinski definition) is 2. The molecule has 1 saturated heterocycles. The lowest BCUT2D eigenvalue weighted by Crippen LogP contribution is -2.38. The Morgan fingerprint density at radius 2 is 2.23 bits per heavy atom. The quantitative estimate of drug-likeness (QED) is 0.841. The van der Waals surface area contributed by atoms with Crippen molar-refractivity contribution in [2.24, 2.45) is 11.3 Å². The minimum Gasteiger partial charge on any atom is -0.481 e. The number of benzene rings is 1. The molecule has 0 radical (unpaired) electrons. The van der Waals surface area contributed by atoms with Gasteiger partial charge in [0, 0.05) is 17.6 Å². The smallest absolute Gasteiger partial charge is 0.321 e. The average Bonchev–Trinajstić information content (AvgIpc) is 2.99. The Hall–Kier alpha value is -1.56. The summed E-state index contributed by atoms with van der Waals surface area (Å²) in [6.45, 7) is 2.82. The summed E-state index contributed by atoms with van der Waals surface area (Å²) in [5.41, 5.74) is 1.07. The molecule has 1 aromatic carbocycles. The molecule has 2 N–H and O–H groups in total. The molecule has 1 aromatic rings. The highest BCUT2D eigenvalue weighted by atomic mass is 79.9. The van der Waals surface area contributed by atoms with E-state index in [1.165, 1.54) is 0 Å². The number of anilines is 1. The fourth-order valence-corrected chi connectivity index (χ4v) is 4.30. The lowest BCUT2D eigenvalue weighted by molar-refractivity contribution is -0.149. The Morgan fingerprint density at radius 1 is 1.45 bits per heavy atom. The number of likely N-dealkylation sites (tertiary alicyclic amines) is 1. The van der Waals surface area contributed by atoms with E-state index in [1.54, 1.807) is 4.90 Å². The highest BCUT2D eigenvalue weighted by molar-refractivity contribution is 9.10. The molecule has 1 aliphatic carbocycles. The first-order valence-electron chi connectivity index (χ1n) is 7.48. The van der Waals surface area contributed by atoms with Crippen molar-refractivity contribution >= 4 is 33.6 Å². The molecule has 2 atom stereocenters. The van der Waals surface area contributed by atoms with Crippen molar-refractivity contribution in [3.8, 4) is 0 Å². The standard InChI is InChI=1S/C16H19BrN2O3/c1-10-4-5-13(12(17)7-10)18-15(22)19-8-11-3-2-6-16(11,9-19)14(20)21/h4-5,7,11H,2-3,6,8-9H2,1H3,(H,18,22)(H,20,21)/t11-,16+/m0/s1. The minimum atomic E-state index is -0.762. The maximum absolute atomic E-state index is 12.4. The second kappa shape index (κ2) is 5.57. The van der Waals surface area contributed by atoms with Crippen molar-refractivity contribution < 1.29 is 14.7 Å². The molecule has 118 valence electrons. The van der Waals surface area contributed by atoms with Gasteiger partial charge < -0.3 is 15.3 Å². The number of nitrogens with one attached hydrogen (secondary N) is 1. The number of nitrogens with zero attached hydrogens (tertiary/aromatic N) is 1.